The maximum atomic E-state index is 14.7. The van der Waals surface area contributed by atoms with Crippen molar-refractivity contribution in [2.75, 3.05) is 20.2 Å². The maximum absolute atomic E-state index is 14.7. The van der Waals surface area contributed by atoms with Crippen molar-refractivity contribution >= 4 is 52.3 Å². The largest absolute Gasteiger partial charge is 0.497 e. The maximum Gasteiger partial charge on any atom is 0.246 e. The minimum Gasteiger partial charge on any atom is -0.497 e. The molecule has 342 valence electrons. The average Bonchev–Trinajstić information content (AvgIpc) is 3.70. The lowest BCUT2D eigenvalue weighted by molar-refractivity contribution is -0.138. The van der Waals surface area contributed by atoms with Gasteiger partial charge >= 0.3 is 0 Å². The van der Waals surface area contributed by atoms with Crippen LogP contribution in [0.4, 0.5) is 0 Å². The van der Waals surface area contributed by atoms with Crippen molar-refractivity contribution in [3.05, 3.63) is 102 Å². The highest BCUT2D eigenvalue weighted by Gasteiger charge is 2.44. The fourth-order valence-corrected chi connectivity index (χ4v) is 8.10. The smallest absolute Gasteiger partial charge is 0.246 e. The molecule has 1 fully saturated rings. The zero-order valence-corrected chi connectivity index (χ0v) is 36.6. The number of hydrogen-bond donors (Lipinski definition) is 9. The van der Waals surface area contributed by atoms with Crippen LogP contribution in [0, 0.1) is 0 Å². The van der Waals surface area contributed by atoms with Crippen molar-refractivity contribution in [3.8, 4) is 5.75 Å². The van der Waals surface area contributed by atoms with E-state index in [4.69, 9.17) is 21.9 Å². The van der Waals surface area contributed by atoms with Gasteiger partial charge < -0.3 is 53.5 Å². The van der Waals surface area contributed by atoms with Crippen molar-refractivity contribution in [2.24, 2.45) is 22.2 Å². The van der Waals surface area contributed by atoms with Gasteiger partial charge in [-0.1, -0.05) is 74.0 Å². The molecule has 0 radical (unpaired) electrons. The number of carbonyl (C=O) groups excluding carboxylic acids is 6. The van der Waals surface area contributed by atoms with Crippen LogP contribution in [0.15, 0.2) is 90.1 Å². The van der Waals surface area contributed by atoms with E-state index in [0.717, 1.165) is 39.8 Å². The molecule has 1 saturated carbocycles. The van der Waals surface area contributed by atoms with Crippen LogP contribution in [0.25, 0.3) is 10.9 Å². The summed E-state index contributed by atoms with van der Waals surface area (Å²) in [6.45, 7) is 1.67. The van der Waals surface area contributed by atoms with Crippen molar-refractivity contribution in [1.29, 1.82) is 0 Å². The van der Waals surface area contributed by atoms with E-state index in [2.05, 4.69) is 36.6 Å². The number of nitrogens with one attached hydrogen (secondary N) is 6. The molecule has 12 N–H and O–H groups in total. The molecule has 0 spiro atoms. The Kier molecular flexibility index (Phi) is 17.7. The predicted molar refractivity (Wildman–Crippen MR) is 245 cm³/mol. The molecule has 3 aromatic carbocycles. The second kappa shape index (κ2) is 23.5. The van der Waals surface area contributed by atoms with E-state index >= 15 is 0 Å². The van der Waals surface area contributed by atoms with Gasteiger partial charge in [-0.15, -0.1) is 0 Å². The molecule has 0 saturated heterocycles. The molecule has 0 aliphatic heterocycles. The van der Waals surface area contributed by atoms with Gasteiger partial charge in [0.05, 0.1) is 13.7 Å². The molecule has 6 amide bonds. The number of aromatic nitrogens is 1. The number of guanidine groups is 1. The molecular weight excluding hydrogens is 817 g/mol. The highest BCUT2D eigenvalue weighted by Crippen LogP contribution is 2.39. The van der Waals surface area contributed by atoms with Crippen LogP contribution in [0.2, 0.25) is 0 Å². The van der Waals surface area contributed by atoms with E-state index in [1.807, 2.05) is 85.8 Å². The van der Waals surface area contributed by atoms with Crippen LogP contribution in [0.3, 0.4) is 0 Å². The summed E-state index contributed by atoms with van der Waals surface area (Å²) in [5.74, 6) is -2.80. The quantitative estimate of drug-likeness (QED) is 0.0300. The third-order valence-corrected chi connectivity index (χ3v) is 11.6. The summed E-state index contributed by atoms with van der Waals surface area (Å²) in [6, 6.07) is 20.8. The van der Waals surface area contributed by atoms with E-state index in [-0.39, 0.29) is 56.4 Å². The Morgan fingerprint density at radius 3 is 2.12 bits per heavy atom. The number of H-pyrrole nitrogens is 1. The number of amides is 6. The molecule has 64 heavy (non-hydrogen) atoms. The number of nitrogens with two attached hydrogens (primary N) is 3. The van der Waals surface area contributed by atoms with Crippen LogP contribution in [0.1, 0.15) is 87.3 Å². The van der Waals surface area contributed by atoms with Gasteiger partial charge in [0.25, 0.3) is 0 Å². The Morgan fingerprint density at radius 2 is 1.45 bits per heavy atom. The summed E-state index contributed by atoms with van der Waals surface area (Å²) < 4.78 is 5.34. The summed E-state index contributed by atoms with van der Waals surface area (Å²) in [6.07, 6.45) is 5.72. The van der Waals surface area contributed by atoms with Crippen LogP contribution in [-0.2, 0) is 41.6 Å². The second-order valence-electron chi connectivity index (χ2n) is 16.3. The van der Waals surface area contributed by atoms with Crippen molar-refractivity contribution in [1.82, 2.24) is 31.6 Å². The molecule has 1 aliphatic rings. The van der Waals surface area contributed by atoms with Gasteiger partial charge in [0.15, 0.2) is 5.96 Å². The molecule has 0 unspecified atom stereocenters. The normalized spacial score (nSPS) is 17.2. The lowest BCUT2D eigenvalue weighted by Gasteiger charge is -2.40. The van der Waals surface area contributed by atoms with E-state index in [1.54, 1.807) is 13.3 Å². The lowest BCUT2D eigenvalue weighted by Crippen LogP contribution is -2.64. The predicted octanol–water partition coefficient (Wildman–Crippen LogP) is 2.47. The Labute approximate surface area is 373 Å². The van der Waals surface area contributed by atoms with Crippen LogP contribution < -0.4 is 48.5 Å². The number of benzene rings is 3. The molecule has 17 heteroatoms. The molecule has 1 aromatic heterocycles. The van der Waals surface area contributed by atoms with Crippen LogP contribution in [-0.4, -0.2) is 90.3 Å². The van der Waals surface area contributed by atoms with Crippen LogP contribution >= 0.6 is 0 Å². The van der Waals surface area contributed by atoms with Gasteiger partial charge in [0, 0.05) is 42.9 Å². The molecule has 0 bridgehead atoms. The van der Waals surface area contributed by atoms with Gasteiger partial charge in [-0.25, -0.2) is 0 Å². The summed E-state index contributed by atoms with van der Waals surface area (Å²) in [4.78, 5) is 89.3. The summed E-state index contributed by atoms with van der Waals surface area (Å²) in [5, 5.41) is 15.0. The summed E-state index contributed by atoms with van der Waals surface area (Å²) in [7, 11) is 1.61. The molecule has 4 aromatic rings. The van der Waals surface area contributed by atoms with Gasteiger partial charge in [-0.05, 0) is 85.8 Å². The van der Waals surface area contributed by atoms with E-state index < -0.39 is 59.7 Å². The van der Waals surface area contributed by atoms with Gasteiger partial charge in [0.2, 0.25) is 35.4 Å². The Hall–Kier alpha value is -6.91. The fraction of sp³-hybridized carbons (Fsp3) is 0.426. The number of ether oxygens (including phenoxy) is 1. The minimum absolute atomic E-state index is 0.0348. The number of fused-ring (bicyclic) bond motifs is 1. The third-order valence-electron chi connectivity index (χ3n) is 11.6. The first-order chi connectivity index (χ1) is 30.8. The monoisotopic (exact) mass is 878 g/mol. The Morgan fingerprint density at radius 1 is 0.797 bits per heavy atom. The van der Waals surface area contributed by atoms with E-state index in [9.17, 15) is 28.8 Å². The first-order valence-electron chi connectivity index (χ1n) is 21.9. The zero-order chi connectivity index (χ0) is 46.1. The van der Waals surface area contributed by atoms with E-state index in [1.165, 1.54) is 0 Å². The van der Waals surface area contributed by atoms with Crippen LogP contribution in [0.5, 0.6) is 5.75 Å². The molecule has 1 aliphatic carbocycles. The molecular formula is C47H62N10O7. The number of carbonyl (C=O) groups is 6. The minimum atomic E-state index is -1.30. The fourth-order valence-electron chi connectivity index (χ4n) is 8.10. The summed E-state index contributed by atoms with van der Waals surface area (Å²) in [5.41, 5.74) is 18.5. The number of aliphatic imine (C=N–C) groups is 1. The number of nitrogens with zero attached hydrogens (tertiary/aromatic N) is 1. The number of rotatable bonds is 23. The van der Waals surface area contributed by atoms with Gasteiger partial charge in [0.1, 0.15) is 29.4 Å². The molecule has 17 nitrogen and oxygen atoms in total. The average molecular weight is 879 g/mol. The SMILES string of the molecule is CCCCC(=O)NC1(C(=O)N[C@H](Cc2ccccc2)C(=O)N[C@@H](CCCN=C(N)N)C(=O)N[C@@H](Cc2c[nH]c3ccccc23)C(=O)NCC(N)=O)CCC(c2ccc(OC)cc2)CC1. The lowest BCUT2D eigenvalue weighted by atomic mass is 9.73. The number of para-hydroxylation sites is 1. The first-order valence-corrected chi connectivity index (χ1v) is 21.9. The number of primary amides is 1. The number of hydrogen-bond acceptors (Lipinski definition) is 8. The molecule has 3 atom stereocenters. The van der Waals surface area contributed by atoms with Gasteiger partial charge in [-0.3, -0.25) is 33.8 Å². The third kappa shape index (κ3) is 13.8. The number of aromatic amines is 1. The highest BCUT2D eigenvalue weighted by atomic mass is 16.5. The standard InChI is InChI=1S/C47H62N10O7/c1-3-4-16-41(59)57-47(23-21-32(22-24-47)31-17-19-34(64-2)20-18-31)45(63)56-38(26-30-11-6-5-7-12-30)44(62)54-37(15-10-25-51-46(49)50)43(61)55-39(42(60)53-29-40(48)58)27-33-28-52-36-14-9-8-13-35(33)36/h5-9,11-14,17-20,28,32,37-39,52H,3-4,10,15-16,21-27,29H2,1-2H3,(H2,48,58)(H,53,60)(H,54,62)(H,55,61)(H,56,63)(H,57,59)(H4,49,50,51)/t32?,37-,38+,39-,47?/m0/s1. The highest BCUT2D eigenvalue weighted by molar-refractivity contribution is 5.98. The summed E-state index contributed by atoms with van der Waals surface area (Å²) >= 11 is 0. The zero-order valence-electron chi connectivity index (χ0n) is 36.6. The number of methoxy groups -OCH3 is 1. The molecule has 5 rings (SSSR count). The van der Waals surface area contributed by atoms with E-state index in [0.29, 0.717) is 32.1 Å². The molecule has 1 heterocycles. The van der Waals surface area contributed by atoms with Gasteiger partial charge in [-0.2, -0.15) is 0 Å². The topological polar surface area (TPSA) is 278 Å². The Balaban J connectivity index is 1.41. The van der Waals surface area contributed by atoms with Crippen molar-refractivity contribution in [2.45, 2.75) is 107 Å². The Bertz CT molecular complexity index is 2230. The van der Waals surface area contributed by atoms with Crippen molar-refractivity contribution in [3.63, 3.8) is 0 Å². The van der Waals surface area contributed by atoms with Crippen molar-refractivity contribution < 1.29 is 33.5 Å². The second-order valence-corrected chi connectivity index (χ2v) is 16.3. The first kappa shape index (κ1) is 48.1. The number of unbranched alkanes of at least 4 members (excludes halogenated alkanes) is 1.